The first-order valence-corrected chi connectivity index (χ1v) is 7.16. The molecule has 2 aromatic rings. The lowest BCUT2D eigenvalue weighted by Crippen LogP contribution is -2.23. The second-order valence-electron chi connectivity index (χ2n) is 4.86. The summed E-state index contributed by atoms with van der Waals surface area (Å²) in [4.78, 5) is 11.7. The maximum absolute atomic E-state index is 13.0. The van der Waals surface area contributed by atoms with E-state index in [0.717, 1.165) is 18.2 Å². The number of alkyl halides is 3. The average Bonchev–Trinajstić information content (AvgIpc) is 2.57. The Morgan fingerprint density at radius 3 is 2.56 bits per heavy atom. The van der Waals surface area contributed by atoms with Crippen molar-refractivity contribution in [1.29, 1.82) is 0 Å². The van der Waals surface area contributed by atoms with Gasteiger partial charge < -0.3 is 10.1 Å². The van der Waals surface area contributed by atoms with Crippen LogP contribution in [0.4, 0.5) is 17.6 Å². The van der Waals surface area contributed by atoms with Gasteiger partial charge in [0.2, 0.25) is 0 Å². The number of amides is 1. The summed E-state index contributed by atoms with van der Waals surface area (Å²) in [5.74, 6) is 4.21. The number of halogens is 4. The van der Waals surface area contributed by atoms with Gasteiger partial charge in [0.25, 0.3) is 5.91 Å². The van der Waals surface area contributed by atoms with Gasteiger partial charge in [0.15, 0.2) is 0 Å². The Bertz CT molecular complexity index is 806. The SMILES string of the molecule is O=C(NCC#CCOc1cccc(C(F)(F)F)c1)c1cccc(F)c1. The van der Waals surface area contributed by atoms with Crippen molar-refractivity contribution in [2.24, 2.45) is 0 Å². The van der Waals surface area contributed by atoms with E-state index >= 15 is 0 Å². The quantitative estimate of drug-likeness (QED) is 0.674. The molecule has 0 heterocycles. The van der Waals surface area contributed by atoms with Gasteiger partial charge in [0.1, 0.15) is 18.2 Å². The van der Waals surface area contributed by atoms with Crippen molar-refractivity contribution >= 4 is 5.91 Å². The predicted octanol–water partition coefficient (Wildman–Crippen LogP) is 3.66. The summed E-state index contributed by atoms with van der Waals surface area (Å²) in [6.45, 7) is -0.127. The molecule has 130 valence electrons. The Balaban J connectivity index is 1.79. The fourth-order valence-electron chi connectivity index (χ4n) is 1.85. The number of nitrogens with one attached hydrogen (secondary N) is 1. The van der Waals surface area contributed by atoms with Crippen molar-refractivity contribution in [1.82, 2.24) is 5.32 Å². The Hall–Kier alpha value is -3.01. The molecule has 0 fully saturated rings. The van der Waals surface area contributed by atoms with E-state index in [1.807, 2.05) is 0 Å². The molecule has 0 bridgehead atoms. The number of rotatable bonds is 4. The van der Waals surface area contributed by atoms with Gasteiger partial charge in [-0.15, -0.1) is 0 Å². The predicted molar refractivity (Wildman–Crippen MR) is 83.4 cm³/mol. The third-order valence-electron chi connectivity index (χ3n) is 3.02. The standard InChI is InChI=1S/C18H13F4NO2/c19-15-7-3-5-13(11-15)17(24)23-9-1-2-10-25-16-8-4-6-14(12-16)18(20,21)22/h3-8,11-12H,9-10H2,(H,23,24). The van der Waals surface area contributed by atoms with Crippen LogP contribution in [0.5, 0.6) is 5.75 Å². The van der Waals surface area contributed by atoms with Crippen molar-refractivity contribution in [3.8, 4) is 17.6 Å². The van der Waals surface area contributed by atoms with E-state index in [9.17, 15) is 22.4 Å². The summed E-state index contributed by atoms with van der Waals surface area (Å²) >= 11 is 0. The van der Waals surface area contributed by atoms with Gasteiger partial charge in [0.05, 0.1) is 12.1 Å². The monoisotopic (exact) mass is 351 g/mol. The van der Waals surface area contributed by atoms with Crippen LogP contribution in [0.1, 0.15) is 15.9 Å². The highest BCUT2D eigenvalue weighted by Gasteiger charge is 2.30. The summed E-state index contributed by atoms with van der Waals surface area (Å²) in [5, 5.41) is 2.47. The second kappa shape index (κ2) is 8.20. The normalized spacial score (nSPS) is 10.6. The summed E-state index contributed by atoms with van der Waals surface area (Å²) < 4.78 is 55.7. The Kier molecular flexibility index (Phi) is 6.01. The maximum Gasteiger partial charge on any atom is 0.416 e. The van der Waals surface area contributed by atoms with Crippen LogP contribution in [0.2, 0.25) is 0 Å². The van der Waals surface area contributed by atoms with Gasteiger partial charge in [-0.25, -0.2) is 4.39 Å². The minimum atomic E-state index is -4.44. The molecule has 0 aliphatic heterocycles. The lowest BCUT2D eigenvalue weighted by Gasteiger charge is -2.08. The van der Waals surface area contributed by atoms with Gasteiger partial charge >= 0.3 is 6.18 Å². The van der Waals surface area contributed by atoms with E-state index in [1.54, 1.807) is 0 Å². The van der Waals surface area contributed by atoms with E-state index in [0.29, 0.717) is 0 Å². The number of carbonyl (C=O) groups is 1. The summed E-state index contributed by atoms with van der Waals surface area (Å²) in [6, 6.07) is 9.66. The first-order valence-electron chi connectivity index (χ1n) is 7.16. The molecule has 0 aliphatic carbocycles. The van der Waals surface area contributed by atoms with E-state index in [2.05, 4.69) is 17.2 Å². The summed E-state index contributed by atoms with van der Waals surface area (Å²) in [5.41, 5.74) is -0.637. The zero-order valence-electron chi connectivity index (χ0n) is 12.9. The number of carbonyl (C=O) groups excluding carboxylic acids is 1. The smallest absolute Gasteiger partial charge is 0.416 e. The number of hydrogen-bond donors (Lipinski definition) is 1. The lowest BCUT2D eigenvalue weighted by molar-refractivity contribution is -0.137. The van der Waals surface area contributed by atoms with Crippen LogP contribution in [0.25, 0.3) is 0 Å². The van der Waals surface area contributed by atoms with E-state index < -0.39 is 23.5 Å². The molecule has 7 heteroatoms. The molecule has 0 saturated carbocycles. The van der Waals surface area contributed by atoms with Crippen LogP contribution in [0.15, 0.2) is 48.5 Å². The van der Waals surface area contributed by atoms with Crippen molar-refractivity contribution in [3.63, 3.8) is 0 Å². The second-order valence-corrected chi connectivity index (χ2v) is 4.86. The zero-order valence-corrected chi connectivity index (χ0v) is 12.9. The Labute approximate surface area is 141 Å². The van der Waals surface area contributed by atoms with E-state index in [1.165, 1.54) is 30.3 Å². The first kappa shape index (κ1) is 18.3. The van der Waals surface area contributed by atoms with Crippen LogP contribution < -0.4 is 10.1 Å². The first-order chi connectivity index (χ1) is 11.9. The molecule has 0 aromatic heterocycles. The lowest BCUT2D eigenvalue weighted by atomic mass is 10.2. The van der Waals surface area contributed by atoms with Gasteiger partial charge in [0, 0.05) is 5.56 Å². The molecule has 0 atom stereocenters. The average molecular weight is 351 g/mol. The molecule has 0 unspecified atom stereocenters. The fraction of sp³-hybridized carbons (Fsp3) is 0.167. The van der Waals surface area contributed by atoms with E-state index in [4.69, 9.17) is 4.74 Å². The fourth-order valence-corrected chi connectivity index (χ4v) is 1.85. The molecule has 0 aliphatic rings. The number of hydrogen-bond acceptors (Lipinski definition) is 2. The molecule has 1 N–H and O–H groups in total. The largest absolute Gasteiger partial charge is 0.481 e. The molecule has 0 saturated heterocycles. The molecule has 3 nitrogen and oxygen atoms in total. The van der Waals surface area contributed by atoms with Crippen LogP contribution in [0.3, 0.4) is 0 Å². The van der Waals surface area contributed by atoms with Crippen LogP contribution >= 0.6 is 0 Å². The Morgan fingerprint density at radius 1 is 1.08 bits per heavy atom. The highest BCUT2D eigenvalue weighted by Crippen LogP contribution is 2.31. The number of ether oxygens (including phenoxy) is 1. The minimum Gasteiger partial charge on any atom is -0.481 e. The maximum atomic E-state index is 13.0. The van der Waals surface area contributed by atoms with Crippen molar-refractivity contribution < 1.29 is 27.1 Å². The van der Waals surface area contributed by atoms with Crippen LogP contribution in [0, 0.1) is 17.7 Å². The highest BCUT2D eigenvalue weighted by molar-refractivity contribution is 5.94. The third kappa shape index (κ3) is 5.84. The van der Waals surface area contributed by atoms with Gasteiger partial charge in [-0.05, 0) is 36.4 Å². The zero-order chi connectivity index (χ0) is 18.3. The van der Waals surface area contributed by atoms with Gasteiger partial charge in [-0.2, -0.15) is 13.2 Å². The summed E-state index contributed by atoms with van der Waals surface area (Å²) in [6.07, 6.45) is -4.44. The molecule has 0 spiro atoms. The molecule has 2 aromatic carbocycles. The third-order valence-corrected chi connectivity index (χ3v) is 3.02. The highest BCUT2D eigenvalue weighted by atomic mass is 19.4. The molecule has 1 amide bonds. The Morgan fingerprint density at radius 2 is 1.84 bits per heavy atom. The molecule has 25 heavy (non-hydrogen) atoms. The topological polar surface area (TPSA) is 38.3 Å². The van der Waals surface area contributed by atoms with Crippen molar-refractivity contribution in [3.05, 3.63) is 65.5 Å². The van der Waals surface area contributed by atoms with Crippen LogP contribution in [-0.4, -0.2) is 19.1 Å². The summed E-state index contributed by atoms with van der Waals surface area (Å²) in [7, 11) is 0. The number of benzene rings is 2. The molecular formula is C18H13F4NO2. The van der Waals surface area contributed by atoms with Gasteiger partial charge in [-0.3, -0.25) is 4.79 Å². The van der Waals surface area contributed by atoms with Crippen molar-refractivity contribution in [2.75, 3.05) is 13.2 Å². The minimum absolute atomic E-state index is 0.00129. The molecule has 2 rings (SSSR count). The van der Waals surface area contributed by atoms with Crippen molar-refractivity contribution in [2.45, 2.75) is 6.18 Å². The molecule has 0 radical (unpaired) electrons. The van der Waals surface area contributed by atoms with Crippen LogP contribution in [-0.2, 0) is 6.18 Å². The van der Waals surface area contributed by atoms with E-state index in [-0.39, 0.29) is 24.5 Å². The van der Waals surface area contributed by atoms with Gasteiger partial charge in [-0.1, -0.05) is 24.0 Å². The molecular weight excluding hydrogens is 338 g/mol.